The van der Waals surface area contributed by atoms with Crippen molar-refractivity contribution in [2.24, 2.45) is 0 Å². The zero-order chi connectivity index (χ0) is 13.8. The lowest BCUT2D eigenvalue weighted by Crippen LogP contribution is -2.11. The molecule has 3 nitrogen and oxygen atoms in total. The molecule has 0 aliphatic carbocycles. The van der Waals surface area contributed by atoms with E-state index >= 15 is 0 Å². The van der Waals surface area contributed by atoms with Crippen LogP contribution < -0.4 is 11.1 Å². The number of nitrogen functional groups attached to an aromatic ring is 1. The summed E-state index contributed by atoms with van der Waals surface area (Å²) in [6, 6.07) is 9.65. The van der Waals surface area contributed by atoms with Crippen molar-refractivity contribution in [1.29, 1.82) is 0 Å². The fourth-order valence-corrected chi connectivity index (χ4v) is 2.76. The number of hydrogen-bond acceptors (Lipinski definition) is 3. The molecule has 0 saturated heterocycles. The lowest BCUT2D eigenvalue weighted by molar-refractivity contribution is 0.103. The summed E-state index contributed by atoms with van der Waals surface area (Å²) >= 11 is 1.42. The standard InChI is InChI=1S/C15H18N2OS/c1-3-6-11-7-4-5-8-13(11)17-15(18)14-9-12(16)10(2)19-14/h4-5,7-9H,3,6,16H2,1-2H3,(H,17,18). The summed E-state index contributed by atoms with van der Waals surface area (Å²) in [5, 5.41) is 2.97. The predicted octanol–water partition coefficient (Wildman–Crippen LogP) is 3.84. The highest BCUT2D eigenvalue weighted by atomic mass is 32.1. The number of para-hydroxylation sites is 1. The number of aryl methyl sites for hydroxylation is 2. The third-order valence-corrected chi connectivity index (χ3v) is 4.03. The molecular formula is C15H18N2OS. The maximum Gasteiger partial charge on any atom is 0.265 e. The molecule has 0 aliphatic heterocycles. The van der Waals surface area contributed by atoms with Crippen molar-refractivity contribution >= 4 is 28.6 Å². The van der Waals surface area contributed by atoms with Gasteiger partial charge in [0, 0.05) is 16.3 Å². The third-order valence-electron chi connectivity index (χ3n) is 2.96. The first-order valence-corrected chi connectivity index (χ1v) is 7.18. The fraction of sp³-hybridized carbons (Fsp3) is 0.267. The zero-order valence-electron chi connectivity index (χ0n) is 11.2. The predicted molar refractivity (Wildman–Crippen MR) is 81.9 cm³/mol. The van der Waals surface area contributed by atoms with Gasteiger partial charge < -0.3 is 11.1 Å². The number of anilines is 2. The first kappa shape index (κ1) is 13.6. The molecule has 0 spiro atoms. The van der Waals surface area contributed by atoms with Crippen LogP contribution in [0.25, 0.3) is 0 Å². The van der Waals surface area contributed by atoms with E-state index in [1.54, 1.807) is 6.07 Å². The lowest BCUT2D eigenvalue weighted by Gasteiger charge is -2.09. The minimum Gasteiger partial charge on any atom is -0.398 e. The number of benzene rings is 1. The van der Waals surface area contributed by atoms with E-state index in [4.69, 9.17) is 5.73 Å². The number of carbonyl (C=O) groups is 1. The molecule has 1 aromatic carbocycles. The second-order valence-electron chi connectivity index (χ2n) is 4.48. The molecule has 0 radical (unpaired) electrons. The number of nitrogens with two attached hydrogens (primary N) is 1. The molecule has 3 N–H and O–H groups in total. The number of hydrogen-bond donors (Lipinski definition) is 2. The molecule has 0 unspecified atom stereocenters. The smallest absolute Gasteiger partial charge is 0.265 e. The number of nitrogens with one attached hydrogen (secondary N) is 1. The molecule has 1 aromatic heterocycles. The summed E-state index contributed by atoms with van der Waals surface area (Å²) in [5.41, 5.74) is 8.51. The zero-order valence-corrected chi connectivity index (χ0v) is 12.0. The van der Waals surface area contributed by atoms with Crippen molar-refractivity contribution in [2.45, 2.75) is 26.7 Å². The second kappa shape index (κ2) is 5.89. The normalized spacial score (nSPS) is 10.4. The van der Waals surface area contributed by atoms with Crippen LogP contribution in [0.3, 0.4) is 0 Å². The minimum atomic E-state index is -0.0895. The van der Waals surface area contributed by atoms with Crippen molar-refractivity contribution in [2.75, 3.05) is 11.1 Å². The van der Waals surface area contributed by atoms with Gasteiger partial charge in [-0.3, -0.25) is 4.79 Å². The molecule has 2 aromatic rings. The summed E-state index contributed by atoms with van der Waals surface area (Å²) < 4.78 is 0. The molecule has 2 rings (SSSR count). The Morgan fingerprint density at radius 2 is 2.11 bits per heavy atom. The largest absolute Gasteiger partial charge is 0.398 e. The summed E-state index contributed by atoms with van der Waals surface area (Å²) in [6.45, 7) is 4.05. The molecule has 1 amide bonds. The van der Waals surface area contributed by atoms with Gasteiger partial charge in [0.05, 0.1) is 4.88 Å². The Kier molecular flexibility index (Phi) is 4.22. The Labute approximate surface area is 117 Å². The van der Waals surface area contributed by atoms with E-state index in [9.17, 15) is 4.79 Å². The second-order valence-corrected chi connectivity index (χ2v) is 5.74. The van der Waals surface area contributed by atoms with Gasteiger partial charge in [-0.15, -0.1) is 11.3 Å². The molecule has 1 heterocycles. The third kappa shape index (κ3) is 3.15. The molecule has 19 heavy (non-hydrogen) atoms. The van der Waals surface area contributed by atoms with Crippen LogP contribution in [-0.4, -0.2) is 5.91 Å². The SMILES string of the molecule is CCCc1ccccc1NC(=O)c1cc(N)c(C)s1. The Balaban J connectivity index is 2.19. The van der Waals surface area contributed by atoms with Crippen LogP contribution in [0, 0.1) is 6.92 Å². The molecule has 0 fully saturated rings. The Hall–Kier alpha value is -1.81. The molecule has 0 aliphatic rings. The van der Waals surface area contributed by atoms with Gasteiger partial charge in [-0.05, 0) is 31.0 Å². The van der Waals surface area contributed by atoms with E-state index in [1.165, 1.54) is 16.9 Å². The van der Waals surface area contributed by atoms with Gasteiger partial charge in [-0.2, -0.15) is 0 Å². The summed E-state index contributed by atoms with van der Waals surface area (Å²) in [6.07, 6.45) is 2.01. The molecule has 100 valence electrons. The Morgan fingerprint density at radius 1 is 1.37 bits per heavy atom. The lowest BCUT2D eigenvalue weighted by atomic mass is 10.1. The van der Waals surface area contributed by atoms with Crippen molar-refractivity contribution in [3.8, 4) is 0 Å². The average molecular weight is 274 g/mol. The summed E-state index contributed by atoms with van der Waals surface area (Å²) in [4.78, 5) is 13.8. The molecule has 4 heteroatoms. The maximum absolute atomic E-state index is 12.2. The number of rotatable bonds is 4. The van der Waals surface area contributed by atoms with E-state index < -0.39 is 0 Å². The van der Waals surface area contributed by atoms with Gasteiger partial charge in [0.15, 0.2) is 0 Å². The fourth-order valence-electron chi connectivity index (χ4n) is 1.92. The molecule has 0 atom stereocenters. The average Bonchev–Trinajstić information content (AvgIpc) is 2.72. The van der Waals surface area contributed by atoms with Gasteiger partial charge in [0.2, 0.25) is 0 Å². The van der Waals surface area contributed by atoms with E-state index in [0.717, 1.165) is 23.4 Å². The van der Waals surface area contributed by atoms with Gasteiger partial charge in [-0.1, -0.05) is 31.5 Å². The summed E-state index contributed by atoms with van der Waals surface area (Å²) in [5.74, 6) is -0.0895. The first-order chi connectivity index (χ1) is 9.11. The quantitative estimate of drug-likeness (QED) is 0.890. The summed E-state index contributed by atoms with van der Waals surface area (Å²) in [7, 11) is 0. The van der Waals surface area contributed by atoms with E-state index in [-0.39, 0.29) is 5.91 Å². The van der Waals surface area contributed by atoms with E-state index in [0.29, 0.717) is 10.6 Å². The Bertz CT molecular complexity index is 570. The number of amides is 1. The van der Waals surface area contributed by atoms with Crippen molar-refractivity contribution in [1.82, 2.24) is 0 Å². The molecular weight excluding hydrogens is 256 g/mol. The van der Waals surface area contributed by atoms with E-state index in [1.807, 2.05) is 31.2 Å². The number of thiophene rings is 1. The van der Waals surface area contributed by atoms with Gasteiger partial charge in [0.25, 0.3) is 5.91 Å². The van der Waals surface area contributed by atoms with Crippen LogP contribution in [0.2, 0.25) is 0 Å². The monoisotopic (exact) mass is 274 g/mol. The van der Waals surface area contributed by atoms with Crippen molar-refractivity contribution in [3.63, 3.8) is 0 Å². The van der Waals surface area contributed by atoms with E-state index in [2.05, 4.69) is 12.2 Å². The van der Waals surface area contributed by atoms with Crippen LogP contribution in [-0.2, 0) is 6.42 Å². The molecule has 0 saturated carbocycles. The molecule has 0 bridgehead atoms. The topological polar surface area (TPSA) is 55.1 Å². The first-order valence-electron chi connectivity index (χ1n) is 6.37. The van der Waals surface area contributed by atoms with Gasteiger partial charge >= 0.3 is 0 Å². The highest BCUT2D eigenvalue weighted by Gasteiger charge is 2.12. The minimum absolute atomic E-state index is 0.0895. The number of carbonyl (C=O) groups excluding carboxylic acids is 1. The van der Waals surface area contributed by atoms with Crippen molar-refractivity contribution < 1.29 is 4.79 Å². The van der Waals surface area contributed by atoms with Gasteiger partial charge in [0.1, 0.15) is 0 Å². The Morgan fingerprint density at radius 3 is 2.74 bits per heavy atom. The highest BCUT2D eigenvalue weighted by Crippen LogP contribution is 2.25. The van der Waals surface area contributed by atoms with Crippen molar-refractivity contribution in [3.05, 3.63) is 45.6 Å². The highest BCUT2D eigenvalue weighted by molar-refractivity contribution is 7.14. The van der Waals surface area contributed by atoms with Crippen LogP contribution in [0.4, 0.5) is 11.4 Å². The van der Waals surface area contributed by atoms with Crippen LogP contribution in [0.1, 0.15) is 33.5 Å². The van der Waals surface area contributed by atoms with Crippen LogP contribution in [0.5, 0.6) is 0 Å². The van der Waals surface area contributed by atoms with Crippen LogP contribution >= 0.6 is 11.3 Å². The van der Waals surface area contributed by atoms with Gasteiger partial charge in [-0.25, -0.2) is 0 Å². The maximum atomic E-state index is 12.2. The van der Waals surface area contributed by atoms with Crippen LogP contribution in [0.15, 0.2) is 30.3 Å².